The minimum Gasteiger partial charge on any atom is -0.389 e. The molecule has 0 unspecified atom stereocenters. The van der Waals surface area contributed by atoms with Crippen molar-refractivity contribution < 1.29 is 0 Å². The number of aromatic nitrogens is 2. The monoisotopic (exact) mass is 294 g/mol. The zero-order chi connectivity index (χ0) is 15.3. The van der Waals surface area contributed by atoms with Crippen molar-refractivity contribution in [3.8, 4) is 0 Å². The Balaban J connectivity index is 3.22. The maximum absolute atomic E-state index is 5.95. The fourth-order valence-electron chi connectivity index (χ4n) is 2.25. The van der Waals surface area contributed by atoms with Gasteiger partial charge in [0.1, 0.15) is 4.99 Å². The molecular weight excluding hydrogens is 268 g/mol. The van der Waals surface area contributed by atoms with E-state index in [0.717, 1.165) is 48.4 Å². The van der Waals surface area contributed by atoms with Gasteiger partial charge in [0, 0.05) is 13.6 Å². The van der Waals surface area contributed by atoms with Gasteiger partial charge in [0.15, 0.2) is 5.82 Å². The van der Waals surface area contributed by atoms with Gasteiger partial charge in [-0.1, -0.05) is 39.9 Å². The SMILES string of the molecule is CCc1nnc(N(C)CCC(C)C)c(C(N)=S)c1CC. The standard InChI is InChI=1S/C15H26N4S/c1-6-11-12(7-2)17-18-15(13(11)14(16)20)19(5)9-8-10(3)4/h10H,6-9H2,1-5H3,(H2,16,20). The van der Waals surface area contributed by atoms with Crippen LogP contribution in [0.5, 0.6) is 0 Å². The summed E-state index contributed by atoms with van der Waals surface area (Å²) in [6.45, 7) is 9.54. The molecule has 2 N–H and O–H groups in total. The van der Waals surface area contributed by atoms with Crippen LogP contribution in [-0.2, 0) is 12.8 Å². The third-order valence-corrected chi connectivity index (χ3v) is 3.68. The number of thiocarbonyl (C=S) groups is 1. The predicted molar refractivity (Wildman–Crippen MR) is 89.4 cm³/mol. The molecule has 0 fully saturated rings. The Labute approximate surface area is 127 Å². The van der Waals surface area contributed by atoms with Gasteiger partial charge in [0.2, 0.25) is 0 Å². The van der Waals surface area contributed by atoms with E-state index in [2.05, 4.69) is 42.8 Å². The molecule has 1 aromatic heterocycles. The van der Waals surface area contributed by atoms with E-state index in [9.17, 15) is 0 Å². The zero-order valence-corrected chi connectivity index (χ0v) is 14.0. The number of aryl methyl sites for hydroxylation is 1. The first-order valence-corrected chi connectivity index (χ1v) is 7.72. The molecular formula is C15H26N4S. The minimum atomic E-state index is 0.415. The molecule has 0 aliphatic rings. The van der Waals surface area contributed by atoms with E-state index in [-0.39, 0.29) is 0 Å². The molecule has 0 aliphatic carbocycles. The van der Waals surface area contributed by atoms with Gasteiger partial charge in [-0.25, -0.2) is 0 Å². The van der Waals surface area contributed by atoms with Gasteiger partial charge in [-0.15, -0.1) is 5.10 Å². The van der Waals surface area contributed by atoms with Crippen molar-refractivity contribution in [3.05, 3.63) is 16.8 Å². The first-order valence-electron chi connectivity index (χ1n) is 7.31. The molecule has 1 rings (SSSR count). The van der Waals surface area contributed by atoms with E-state index in [4.69, 9.17) is 18.0 Å². The summed E-state index contributed by atoms with van der Waals surface area (Å²) in [6, 6.07) is 0. The quantitative estimate of drug-likeness (QED) is 0.784. The van der Waals surface area contributed by atoms with E-state index in [1.165, 1.54) is 0 Å². The smallest absolute Gasteiger partial charge is 0.161 e. The van der Waals surface area contributed by atoms with E-state index in [0.29, 0.717) is 10.9 Å². The van der Waals surface area contributed by atoms with Gasteiger partial charge >= 0.3 is 0 Å². The van der Waals surface area contributed by atoms with Crippen LogP contribution in [0.4, 0.5) is 5.82 Å². The summed E-state index contributed by atoms with van der Waals surface area (Å²) in [5.74, 6) is 1.46. The van der Waals surface area contributed by atoms with Crippen molar-refractivity contribution in [2.45, 2.75) is 47.0 Å². The van der Waals surface area contributed by atoms with Gasteiger partial charge in [0.25, 0.3) is 0 Å². The number of anilines is 1. The van der Waals surface area contributed by atoms with Crippen LogP contribution in [-0.4, -0.2) is 28.8 Å². The number of nitrogens with zero attached hydrogens (tertiary/aromatic N) is 3. The third-order valence-electron chi connectivity index (χ3n) is 3.48. The second kappa shape index (κ2) is 7.53. The van der Waals surface area contributed by atoms with Gasteiger partial charge in [-0.3, -0.25) is 0 Å². The van der Waals surface area contributed by atoms with Crippen molar-refractivity contribution in [2.24, 2.45) is 11.7 Å². The molecule has 0 bridgehead atoms. The third kappa shape index (κ3) is 3.88. The van der Waals surface area contributed by atoms with E-state index >= 15 is 0 Å². The Hall–Kier alpha value is -1.23. The maximum Gasteiger partial charge on any atom is 0.161 e. The van der Waals surface area contributed by atoms with Crippen molar-refractivity contribution in [2.75, 3.05) is 18.5 Å². The molecule has 1 aromatic rings. The van der Waals surface area contributed by atoms with Gasteiger partial charge in [-0.2, -0.15) is 5.10 Å². The maximum atomic E-state index is 5.95. The van der Waals surface area contributed by atoms with Crippen LogP contribution in [0.3, 0.4) is 0 Å². The highest BCUT2D eigenvalue weighted by Gasteiger charge is 2.19. The van der Waals surface area contributed by atoms with Crippen LogP contribution in [0.2, 0.25) is 0 Å². The molecule has 0 spiro atoms. The molecule has 4 nitrogen and oxygen atoms in total. The van der Waals surface area contributed by atoms with Crippen LogP contribution in [0.15, 0.2) is 0 Å². The van der Waals surface area contributed by atoms with Gasteiger partial charge < -0.3 is 10.6 Å². The molecule has 5 heteroatoms. The van der Waals surface area contributed by atoms with E-state index in [1.807, 2.05) is 7.05 Å². The summed E-state index contributed by atoms with van der Waals surface area (Å²) in [7, 11) is 2.03. The lowest BCUT2D eigenvalue weighted by Crippen LogP contribution is -2.27. The Bertz CT molecular complexity index is 471. The topological polar surface area (TPSA) is 55.0 Å². The highest BCUT2D eigenvalue weighted by Crippen LogP contribution is 2.23. The molecule has 0 aromatic carbocycles. The zero-order valence-electron chi connectivity index (χ0n) is 13.2. The summed E-state index contributed by atoms with van der Waals surface area (Å²) >= 11 is 5.25. The highest BCUT2D eigenvalue weighted by molar-refractivity contribution is 7.80. The lowest BCUT2D eigenvalue weighted by molar-refractivity contribution is 0.582. The molecule has 0 atom stereocenters. The second-order valence-electron chi connectivity index (χ2n) is 5.50. The van der Waals surface area contributed by atoms with Gasteiger partial charge in [-0.05, 0) is 30.7 Å². The number of hydrogen-bond acceptors (Lipinski definition) is 4. The average Bonchev–Trinajstić information content (AvgIpc) is 2.42. The molecule has 20 heavy (non-hydrogen) atoms. The Morgan fingerprint density at radius 1 is 1.25 bits per heavy atom. The fraction of sp³-hybridized carbons (Fsp3) is 0.667. The predicted octanol–water partition coefficient (Wildman–Crippen LogP) is 2.72. The normalized spacial score (nSPS) is 10.9. The number of nitrogens with two attached hydrogens (primary N) is 1. The summed E-state index contributed by atoms with van der Waals surface area (Å²) in [6.07, 6.45) is 2.82. The van der Waals surface area contributed by atoms with Crippen LogP contribution in [0.1, 0.15) is 50.9 Å². The first-order chi connectivity index (χ1) is 9.42. The van der Waals surface area contributed by atoms with Crippen molar-refractivity contribution >= 4 is 23.0 Å². The van der Waals surface area contributed by atoms with Crippen LogP contribution >= 0.6 is 12.2 Å². The molecule has 0 saturated heterocycles. The van der Waals surface area contributed by atoms with E-state index < -0.39 is 0 Å². The van der Waals surface area contributed by atoms with Crippen molar-refractivity contribution in [3.63, 3.8) is 0 Å². The lowest BCUT2D eigenvalue weighted by Gasteiger charge is -2.23. The van der Waals surface area contributed by atoms with Gasteiger partial charge in [0.05, 0.1) is 11.3 Å². The molecule has 0 aliphatic heterocycles. The molecule has 112 valence electrons. The molecule has 0 saturated carbocycles. The fourth-order valence-corrected chi connectivity index (χ4v) is 2.46. The summed E-state index contributed by atoms with van der Waals surface area (Å²) in [5.41, 5.74) is 8.99. The average molecular weight is 294 g/mol. The summed E-state index contributed by atoms with van der Waals surface area (Å²) < 4.78 is 0. The highest BCUT2D eigenvalue weighted by atomic mass is 32.1. The van der Waals surface area contributed by atoms with E-state index in [1.54, 1.807) is 0 Å². The Morgan fingerprint density at radius 2 is 1.90 bits per heavy atom. The van der Waals surface area contributed by atoms with Crippen LogP contribution in [0.25, 0.3) is 0 Å². The Morgan fingerprint density at radius 3 is 2.35 bits per heavy atom. The molecule has 1 heterocycles. The largest absolute Gasteiger partial charge is 0.389 e. The van der Waals surface area contributed by atoms with Crippen molar-refractivity contribution in [1.82, 2.24) is 10.2 Å². The summed E-state index contributed by atoms with van der Waals surface area (Å²) in [4.78, 5) is 2.53. The van der Waals surface area contributed by atoms with Crippen LogP contribution < -0.4 is 10.6 Å². The van der Waals surface area contributed by atoms with Crippen LogP contribution in [0, 0.1) is 5.92 Å². The first kappa shape index (κ1) is 16.8. The Kier molecular flexibility index (Phi) is 6.33. The minimum absolute atomic E-state index is 0.415. The second-order valence-corrected chi connectivity index (χ2v) is 5.94. The number of hydrogen-bond donors (Lipinski definition) is 1. The molecule has 0 radical (unpaired) electrons. The molecule has 0 amide bonds. The lowest BCUT2D eigenvalue weighted by atomic mass is 10.0. The van der Waals surface area contributed by atoms with Crippen molar-refractivity contribution in [1.29, 1.82) is 0 Å². The number of rotatable bonds is 7. The summed E-state index contributed by atoms with van der Waals surface area (Å²) in [5, 5.41) is 8.72.